The topological polar surface area (TPSA) is 56.5 Å². The second-order valence-corrected chi connectivity index (χ2v) is 7.98. The molecule has 0 bridgehead atoms. The Morgan fingerprint density at radius 3 is 2.24 bits per heavy atom. The van der Waals surface area contributed by atoms with Gasteiger partial charge in [0.15, 0.2) is 0 Å². The number of nitrogens with two attached hydrogens (primary N) is 1. The van der Waals surface area contributed by atoms with E-state index < -0.39 is 0 Å². The molecule has 4 heteroatoms. The number of nitrogens with one attached hydrogen (secondary N) is 1. The summed E-state index contributed by atoms with van der Waals surface area (Å²) in [6.07, 6.45) is 6.99. The predicted octanol–water partition coefficient (Wildman–Crippen LogP) is 3.15. The van der Waals surface area contributed by atoms with Gasteiger partial charge in [0.05, 0.1) is 22.8 Å². The lowest BCUT2D eigenvalue weighted by atomic mass is 9.69. The minimum atomic E-state index is -0.178. The molecule has 2 unspecified atom stereocenters. The van der Waals surface area contributed by atoms with Crippen molar-refractivity contribution in [1.82, 2.24) is 5.43 Å². The van der Waals surface area contributed by atoms with Gasteiger partial charge in [0.1, 0.15) is 0 Å². The lowest BCUT2D eigenvalue weighted by molar-refractivity contribution is -0.126. The van der Waals surface area contributed by atoms with Gasteiger partial charge in [0.25, 0.3) is 0 Å². The molecule has 0 aromatic rings. The van der Waals surface area contributed by atoms with Crippen molar-refractivity contribution in [2.24, 2.45) is 11.8 Å². The highest BCUT2D eigenvalue weighted by atomic mass is 16.5. The number of ether oxygens (including phenoxy) is 2. The zero-order chi connectivity index (χ0) is 15.7. The van der Waals surface area contributed by atoms with Gasteiger partial charge >= 0.3 is 0 Å². The molecule has 1 saturated heterocycles. The van der Waals surface area contributed by atoms with Crippen molar-refractivity contribution in [1.29, 1.82) is 0 Å². The second-order valence-electron chi connectivity index (χ2n) is 7.98. The van der Waals surface area contributed by atoms with Gasteiger partial charge in [-0.15, -0.1) is 0 Å². The first-order valence-electron chi connectivity index (χ1n) is 8.57. The van der Waals surface area contributed by atoms with Crippen molar-refractivity contribution in [2.75, 3.05) is 6.61 Å². The molecule has 2 atom stereocenters. The zero-order valence-electron chi connectivity index (χ0n) is 14.5. The van der Waals surface area contributed by atoms with Crippen molar-refractivity contribution in [3.8, 4) is 0 Å². The number of rotatable bonds is 5. The quantitative estimate of drug-likeness (QED) is 0.605. The monoisotopic (exact) mass is 298 g/mol. The summed E-state index contributed by atoms with van der Waals surface area (Å²) in [7, 11) is 0. The minimum Gasteiger partial charge on any atom is -0.374 e. The maximum Gasteiger partial charge on any atom is 0.0851 e. The molecule has 3 N–H and O–H groups in total. The average Bonchev–Trinajstić information content (AvgIpc) is 2.60. The molecule has 0 spiro atoms. The third kappa shape index (κ3) is 3.44. The Morgan fingerprint density at radius 2 is 1.81 bits per heavy atom. The van der Waals surface area contributed by atoms with Crippen LogP contribution in [-0.4, -0.2) is 29.5 Å². The van der Waals surface area contributed by atoms with Gasteiger partial charge in [0, 0.05) is 12.5 Å². The maximum absolute atomic E-state index is 6.30. The maximum atomic E-state index is 6.30. The summed E-state index contributed by atoms with van der Waals surface area (Å²) in [6.45, 7) is 11.6. The Bertz CT molecular complexity index is 343. The van der Waals surface area contributed by atoms with Crippen LogP contribution in [0.2, 0.25) is 0 Å². The normalized spacial score (nSPS) is 32.0. The fourth-order valence-corrected chi connectivity index (χ4v) is 4.74. The van der Waals surface area contributed by atoms with Crippen LogP contribution in [0, 0.1) is 5.92 Å². The van der Waals surface area contributed by atoms with E-state index in [1.165, 1.54) is 19.3 Å². The third-order valence-corrected chi connectivity index (χ3v) is 5.42. The Labute approximate surface area is 130 Å². The summed E-state index contributed by atoms with van der Waals surface area (Å²) >= 11 is 0. The van der Waals surface area contributed by atoms with E-state index in [2.05, 4.69) is 40.0 Å². The molecular weight excluding hydrogens is 264 g/mol. The van der Waals surface area contributed by atoms with Crippen LogP contribution < -0.4 is 11.3 Å². The van der Waals surface area contributed by atoms with Gasteiger partial charge in [-0.05, 0) is 53.9 Å². The van der Waals surface area contributed by atoms with E-state index in [1.54, 1.807) is 0 Å². The van der Waals surface area contributed by atoms with E-state index >= 15 is 0 Å². The van der Waals surface area contributed by atoms with Crippen molar-refractivity contribution in [3.63, 3.8) is 0 Å². The molecule has 1 heterocycles. The highest BCUT2D eigenvalue weighted by Gasteiger charge is 2.55. The van der Waals surface area contributed by atoms with Crippen LogP contribution in [0.4, 0.5) is 0 Å². The van der Waals surface area contributed by atoms with E-state index in [4.69, 9.17) is 15.3 Å². The van der Waals surface area contributed by atoms with Crippen molar-refractivity contribution in [2.45, 2.75) is 96.0 Å². The summed E-state index contributed by atoms with van der Waals surface area (Å²) in [6, 6.07) is 0.148. The standard InChI is InChI=1S/C17H34N2O2/c1-6-20-17(10-8-7-9-11-17)14(19-18)13-12-15(2,3)21-16(13,4)5/h13-14,19H,6-12,18H2,1-5H3. The van der Waals surface area contributed by atoms with Crippen LogP contribution in [0.25, 0.3) is 0 Å². The molecule has 0 amide bonds. The van der Waals surface area contributed by atoms with Crippen LogP contribution in [0.5, 0.6) is 0 Å². The lowest BCUT2D eigenvalue weighted by Crippen LogP contribution is -2.62. The molecular formula is C17H34N2O2. The summed E-state index contributed by atoms with van der Waals surface area (Å²) in [4.78, 5) is 0. The molecule has 124 valence electrons. The van der Waals surface area contributed by atoms with Crippen LogP contribution in [0.3, 0.4) is 0 Å². The summed E-state index contributed by atoms with van der Waals surface area (Å²) in [5.74, 6) is 6.39. The van der Waals surface area contributed by atoms with Gasteiger partial charge in [-0.1, -0.05) is 19.3 Å². The average molecular weight is 298 g/mol. The van der Waals surface area contributed by atoms with Gasteiger partial charge in [0.2, 0.25) is 0 Å². The first-order valence-corrected chi connectivity index (χ1v) is 8.57. The molecule has 21 heavy (non-hydrogen) atoms. The Kier molecular flexibility index (Phi) is 5.04. The first-order chi connectivity index (χ1) is 9.76. The summed E-state index contributed by atoms with van der Waals surface area (Å²) in [5, 5.41) is 0. The summed E-state index contributed by atoms with van der Waals surface area (Å²) in [5.41, 5.74) is 2.73. The molecule has 0 radical (unpaired) electrons. The van der Waals surface area contributed by atoms with Crippen LogP contribution in [0.1, 0.15) is 73.1 Å². The number of hydrogen-bond acceptors (Lipinski definition) is 4. The van der Waals surface area contributed by atoms with Crippen LogP contribution in [-0.2, 0) is 9.47 Å². The van der Waals surface area contributed by atoms with E-state index in [0.29, 0.717) is 5.92 Å². The third-order valence-electron chi connectivity index (χ3n) is 5.42. The second kappa shape index (κ2) is 6.15. The van der Waals surface area contributed by atoms with Crippen molar-refractivity contribution >= 4 is 0 Å². The minimum absolute atomic E-state index is 0.0919. The van der Waals surface area contributed by atoms with Crippen molar-refractivity contribution < 1.29 is 9.47 Å². The van der Waals surface area contributed by atoms with Gasteiger partial charge in [-0.25, -0.2) is 0 Å². The van der Waals surface area contributed by atoms with Crippen LogP contribution in [0.15, 0.2) is 0 Å². The molecule has 4 nitrogen and oxygen atoms in total. The molecule has 1 saturated carbocycles. The zero-order valence-corrected chi connectivity index (χ0v) is 14.5. The number of hydrazine groups is 1. The van der Waals surface area contributed by atoms with Crippen LogP contribution >= 0.6 is 0 Å². The molecule has 2 fully saturated rings. The smallest absolute Gasteiger partial charge is 0.0851 e. The van der Waals surface area contributed by atoms with Gasteiger partial charge < -0.3 is 9.47 Å². The number of hydrogen-bond donors (Lipinski definition) is 2. The lowest BCUT2D eigenvalue weighted by Gasteiger charge is -2.47. The van der Waals surface area contributed by atoms with E-state index in [9.17, 15) is 0 Å². The van der Waals surface area contributed by atoms with E-state index in [1.807, 2.05) is 0 Å². The van der Waals surface area contributed by atoms with Gasteiger partial charge in [-0.3, -0.25) is 11.3 Å². The first kappa shape index (κ1) is 17.2. The molecule has 0 aromatic heterocycles. The molecule has 0 aromatic carbocycles. The molecule has 1 aliphatic heterocycles. The van der Waals surface area contributed by atoms with Crippen molar-refractivity contribution in [3.05, 3.63) is 0 Å². The Morgan fingerprint density at radius 1 is 1.19 bits per heavy atom. The fourth-order valence-electron chi connectivity index (χ4n) is 4.74. The largest absolute Gasteiger partial charge is 0.374 e. The van der Waals surface area contributed by atoms with E-state index in [0.717, 1.165) is 25.9 Å². The van der Waals surface area contributed by atoms with E-state index in [-0.39, 0.29) is 22.8 Å². The highest BCUT2D eigenvalue weighted by molar-refractivity contribution is 5.07. The Hall–Kier alpha value is -0.160. The molecule has 2 rings (SSSR count). The fraction of sp³-hybridized carbons (Fsp3) is 1.00. The Balaban J connectivity index is 2.28. The predicted molar refractivity (Wildman–Crippen MR) is 85.9 cm³/mol. The molecule has 2 aliphatic rings. The van der Waals surface area contributed by atoms with Gasteiger partial charge in [-0.2, -0.15) is 0 Å². The summed E-state index contributed by atoms with van der Waals surface area (Å²) < 4.78 is 12.6. The molecule has 1 aliphatic carbocycles. The SMILES string of the molecule is CCOC1(C(NN)C2CC(C)(C)OC2(C)C)CCCCC1. The highest BCUT2D eigenvalue weighted by Crippen LogP contribution is 2.48.